The largest absolute Gasteiger partial charge is 0.481 e. The second-order valence-electron chi connectivity index (χ2n) is 7.31. The van der Waals surface area contributed by atoms with Crippen molar-refractivity contribution in [3.05, 3.63) is 53.6 Å². The summed E-state index contributed by atoms with van der Waals surface area (Å²) in [6.45, 7) is 0.231. The average Bonchev–Trinajstić information content (AvgIpc) is 3.08. The van der Waals surface area contributed by atoms with Crippen LogP contribution < -0.4 is 0 Å². The van der Waals surface area contributed by atoms with Gasteiger partial charge < -0.3 is 14.9 Å². The molecule has 0 saturated heterocycles. The van der Waals surface area contributed by atoms with Crippen molar-refractivity contribution in [2.75, 3.05) is 6.61 Å². The highest BCUT2D eigenvalue weighted by Gasteiger charge is 2.20. The number of aromatic nitrogens is 3. The minimum atomic E-state index is -0.966. The van der Waals surface area contributed by atoms with Gasteiger partial charge in [0.05, 0.1) is 24.6 Å². The fourth-order valence-electron chi connectivity index (χ4n) is 3.28. The van der Waals surface area contributed by atoms with Gasteiger partial charge in [-0.2, -0.15) is 5.10 Å². The first kappa shape index (κ1) is 19.5. The maximum absolute atomic E-state index is 14.3. The van der Waals surface area contributed by atoms with Gasteiger partial charge >= 0.3 is 5.97 Å². The third-order valence-electron chi connectivity index (χ3n) is 5.25. The highest BCUT2D eigenvalue weighted by Crippen LogP contribution is 2.25. The lowest BCUT2D eigenvalue weighted by molar-refractivity contribution is -0.136. The molecule has 1 fully saturated rings. The number of aryl methyl sites for hydroxylation is 1. The molecule has 0 bridgehead atoms. The first-order valence-corrected chi connectivity index (χ1v) is 9.65. The van der Waals surface area contributed by atoms with Crippen molar-refractivity contribution in [2.24, 2.45) is 0 Å². The highest BCUT2D eigenvalue weighted by molar-refractivity contribution is 5.77. The van der Waals surface area contributed by atoms with Crippen LogP contribution in [-0.4, -0.2) is 43.7 Å². The van der Waals surface area contributed by atoms with Gasteiger partial charge in [-0.3, -0.25) is 4.79 Å². The molecule has 2 aromatic heterocycles. The maximum Gasteiger partial charge on any atom is 0.303 e. The molecule has 0 amide bonds. The molecule has 3 aromatic rings. The molecule has 1 atom stereocenters. The molecule has 0 aliphatic heterocycles. The van der Waals surface area contributed by atoms with Crippen LogP contribution in [0.4, 0.5) is 4.39 Å². The monoisotopic (exact) mass is 399 g/mol. The number of pyridine rings is 1. The van der Waals surface area contributed by atoms with Gasteiger partial charge in [0.25, 0.3) is 0 Å². The second-order valence-corrected chi connectivity index (χ2v) is 7.31. The van der Waals surface area contributed by atoms with Crippen LogP contribution in [0.2, 0.25) is 0 Å². The Balaban J connectivity index is 1.52. The molecule has 1 aromatic carbocycles. The summed E-state index contributed by atoms with van der Waals surface area (Å²) in [5.41, 5.74) is 2.02. The van der Waals surface area contributed by atoms with Gasteiger partial charge in [-0.25, -0.2) is 14.1 Å². The van der Waals surface area contributed by atoms with Crippen molar-refractivity contribution < 1.29 is 24.1 Å². The standard InChI is InChI=1S/C21H22FN3O4/c22-18-9-16(6-4-13(18)5-7-20(27)28)25-21-15(11-24-25)8-14(10-23-21)19(26)12-29-17-2-1-3-17/h4,6,8-11,17,19,26H,1-3,5,7,12H2,(H,27,28)/t19-/m0/s1. The van der Waals surface area contributed by atoms with E-state index in [1.54, 1.807) is 30.6 Å². The van der Waals surface area contributed by atoms with Crippen LogP contribution in [0.15, 0.2) is 36.7 Å². The minimum Gasteiger partial charge on any atom is -0.481 e. The zero-order valence-electron chi connectivity index (χ0n) is 15.8. The number of carboxylic acids is 1. The number of ether oxygens (including phenoxy) is 1. The Labute approximate surface area is 166 Å². The van der Waals surface area contributed by atoms with E-state index in [0.29, 0.717) is 22.5 Å². The lowest BCUT2D eigenvalue weighted by Crippen LogP contribution is -2.24. The summed E-state index contributed by atoms with van der Waals surface area (Å²) in [5.74, 6) is -1.44. The Kier molecular flexibility index (Phi) is 5.55. The van der Waals surface area contributed by atoms with Crippen molar-refractivity contribution in [3.8, 4) is 5.69 Å². The van der Waals surface area contributed by atoms with Gasteiger partial charge in [-0.05, 0) is 49.4 Å². The van der Waals surface area contributed by atoms with E-state index in [1.807, 2.05) is 0 Å². The Bertz CT molecular complexity index is 1030. The zero-order chi connectivity index (χ0) is 20.4. The summed E-state index contributed by atoms with van der Waals surface area (Å²) in [5, 5.41) is 24.1. The van der Waals surface area contributed by atoms with Gasteiger partial charge in [-0.1, -0.05) is 6.07 Å². The molecule has 152 valence electrons. The van der Waals surface area contributed by atoms with Crippen molar-refractivity contribution in [3.63, 3.8) is 0 Å². The molecule has 0 spiro atoms. The van der Waals surface area contributed by atoms with Crippen molar-refractivity contribution in [1.82, 2.24) is 14.8 Å². The molecule has 0 radical (unpaired) electrons. The number of aliphatic hydroxyl groups excluding tert-OH is 1. The normalized spacial score (nSPS) is 15.4. The molecule has 29 heavy (non-hydrogen) atoms. The highest BCUT2D eigenvalue weighted by atomic mass is 19.1. The maximum atomic E-state index is 14.3. The molecule has 0 unspecified atom stereocenters. The summed E-state index contributed by atoms with van der Waals surface area (Å²) in [4.78, 5) is 15.1. The number of carboxylic acid groups (broad SMARTS) is 1. The van der Waals surface area contributed by atoms with Crippen LogP contribution in [0, 0.1) is 5.82 Å². The summed E-state index contributed by atoms with van der Waals surface area (Å²) in [6, 6.07) is 6.37. The number of fused-ring (bicyclic) bond motifs is 1. The van der Waals surface area contributed by atoms with Crippen LogP contribution in [0.3, 0.4) is 0 Å². The number of aliphatic hydroxyl groups is 1. The van der Waals surface area contributed by atoms with Crippen LogP contribution in [0.1, 0.15) is 42.9 Å². The summed E-state index contributed by atoms with van der Waals surface area (Å²) in [7, 11) is 0. The molecule has 1 aliphatic rings. The van der Waals surface area contributed by atoms with Crippen LogP contribution in [0.25, 0.3) is 16.7 Å². The first-order chi connectivity index (χ1) is 14.0. The number of carbonyl (C=O) groups is 1. The smallest absolute Gasteiger partial charge is 0.303 e. The third kappa shape index (κ3) is 4.28. The molecule has 2 heterocycles. The van der Waals surface area contributed by atoms with Crippen LogP contribution in [0.5, 0.6) is 0 Å². The lowest BCUT2D eigenvalue weighted by atomic mass is 9.96. The van der Waals surface area contributed by atoms with Crippen molar-refractivity contribution >= 4 is 17.0 Å². The summed E-state index contributed by atoms with van der Waals surface area (Å²) < 4.78 is 21.5. The molecular formula is C21H22FN3O4. The number of hydrogen-bond acceptors (Lipinski definition) is 5. The molecule has 1 aliphatic carbocycles. The fraction of sp³-hybridized carbons (Fsp3) is 0.381. The average molecular weight is 399 g/mol. The van der Waals surface area contributed by atoms with Gasteiger partial charge in [0.15, 0.2) is 5.65 Å². The van der Waals surface area contributed by atoms with E-state index in [9.17, 15) is 14.3 Å². The van der Waals surface area contributed by atoms with Gasteiger partial charge in [0.2, 0.25) is 0 Å². The number of hydrogen-bond donors (Lipinski definition) is 2. The lowest BCUT2D eigenvalue weighted by Gasteiger charge is -2.26. The molecule has 1 saturated carbocycles. The summed E-state index contributed by atoms with van der Waals surface area (Å²) in [6.07, 6.45) is 5.94. The number of rotatable bonds is 8. The van der Waals surface area contributed by atoms with Gasteiger partial charge in [-0.15, -0.1) is 0 Å². The third-order valence-corrected chi connectivity index (χ3v) is 5.25. The fourth-order valence-corrected chi connectivity index (χ4v) is 3.28. The SMILES string of the molecule is O=C(O)CCc1ccc(-n2ncc3cc([C@@H](O)COC4CCC4)cnc32)cc1F. The topological polar surface area (TPSA) is 97.5 Å². The molecule has 4 rings (SSSR count). The number of nitrogens with zero attached hydrogens (tertiary/aromatic N) is 3. The Morgan fingerprint density at radius 3 is 2.83 bits per heavy atom. The molecule has 7 nitrogen and oxygen atoms in total. The molecule has 2 N–H and O–H groups in total. The number of halogens is 1. The van der Waals surface area contributed by atoms with E-state index in [2.05, 4.69) is 10.1 Å². The predicted octanol–water partition coefficient (Wildman–Crippen LogP) is 3.18. The minimum absolute atomic E-state index is 0.127. The Hall–Kier alpha value is -2.84. The second kappa shape index (κ2) is 8.26. The van der Waals surface area contributed by atoms with Crippen molar-refractivity contribution in [1.29, 1.82) is 0 Å². The van der Waals surface area contributed by atoms with E-state index in [1.165, 1.54) is 17.2 Å². The van der Waals surface area contributed by atoms with Gasteiger partial charge in [0, 0.05) is 23.6 Å². The van der Waals surface area contributed by atoms with E-state index >= 15 is 0 Å². The van der Waals surface area contributed by atoms with Crippen LogP contribution >= 0.6 is 0 Å². The van der Waals surface area contributed by atoms with E-state index < -0.39 is 17.9 Å². The Morgan fingerprint density at radius 1 is 1.31 bits per heavy atom. The Morgan fingerprint density at radius 2 is 2.14 bits per heavy atom. The summed E-state index contributed by atoms with van der Waals surface area (Å²) >= 11 is 0. The zero-order valence-corrected chi connectivity index (χ0v) is 15.8. The van der Waals surface area contributed by atoms with E-state index in [0.717, 1.165) is 18.2 Å². The molecule has 8 heteroatoms. The van der Waals surface area contributed by atoms with E-state index in [4.69, 9.17) is 9.84 Å². The van der Waals surface area contributed by atoms with E-state index in [-0.39, 0.29) is 25.6 Å². The number of benzene rings is 1. The quantitative estimate of drug-likeness (QED) is 0.604. The van der Waals surface area contributed by atoms with Gasteiger partial charge in [0.1, 0.15) is 11.9 Å². The van der Waals surface area contributed by atoms with Crippen LogP contribution in [-0.2, 0) is 16.0 Å². The predicted molar refractivity (Wildman–Crippen MR) is 103 cm³/mol. The van der Waals surface area contributed by atoms with Crippen molar-refractivity contribution in [2.45, 2.75) is 44.3 Å². The number of aliphatic carboxylic acids is 1. The molecular weight excluding hydrogens is 377 g/mol. The first-order valence-electron chi connectivity index (χ1n) is 9.65.